The Hall–Kier alpha value is -2.50. The lowest BCUT2D eigenvalue weighted by Crippen LogP contribution is -2.15. The van der Waals surface area contributed by atoms with E-state index in [1.807, 2.05) is 6.92 Å². The van der Waals surface area contributed by atoms with Crippen LogP contribution in [-0.2, 0) is 0 Å². The van der Waals surface area contributed by atoms with Crippen LogP contribution in [0.4, 0.5) is 16.0 Å². The van der Waals surface area contributed by atoms with Crippen molar-refractivity contribution in [3.05, 3.63) is 48.0 Å². The fraction of sp³-hybridized carbons (Fsp3) is 0.214. The second-order valence-corrected chi connectivity index (χ2v) is 4.15. The molecule has 0 fully saturated rings. The monoisotopic (exact) mass is 274 g/mol. The summed E-state index contributed by atoms with van der Waals surface area (Å²) in [7, 11) is 0. The van der Waals surface area contributed by atoms with Crippen LogP contribution in [0.1, 0.15) is 23.8 Å². The summed E-state index contributed by atoms with van der Waals surface area (Å²) in [5.41, 5.74) is 0.275. The Balaban J connectivity index is 2.06. The van der Waals surface area contributed by atoms with Gasteiger partial charge in [0.2, 0.25) is 0 Å². The Morgan fingerprint density at radius 3 is 2.80 bits per heavy atom. The van der Waals surface area contributed by atoms with Crippen LogP contribution in [-0.4, -0.2) is 22.4 Å². The first kappa shape index (κ1) is 13.9. The van der Waals surface area contributed by atoms with Crippen molar-refractivity contribution in [2.75, 3.05) is 17.2 Å². The van der Waals surface area contributed by atoms with Gasteiger partial charge < -0.3 is 10.6 Å². The van der Waals surface area contributed by atoms with Crippen molar-refractivity contribution < 1.29 is 9.18 Å². The van der Waals surface area contributed by atoms with E-state index in [1.54, 1.807) is 18.2 Å². The molecule has 0 saturated carbocycles. The molecule has 2 heterocycles. The molecule has 0 radical (unpaired) electrons. The molecule has 1 amide bonds. The predicted molar refractivity (Wildman–Crippen MR) is 75.2 cm³/mol. The minimum absolute atomic E-state index is 0.275. The third-order valence-electron chi connectivity index (χ3n) is 2.51. The number of nitrogens with zero attached hydrogens (tertiary/aromatic N) is 2. The summed E-state index contributed by atoms with van der Waals surface area (Å²) >= 11 is 0. The van der Waals surface area contributed by atoms with Gasteiger partial charge in [0.15, 0.2) is 0 Å². The van der Waals surface area contributed by atoms with Crippen LogP contribution in [0.15, 0.2) is 36.5 Å². The van der Waals surface area contributed by atoms with Gasteiger partial charge in [-0.25, -0.2) is 14.4 Å². The number of nitrogens with one attached hydrogen (secondary N) is 2. The number of hydrogen-bond acceptors (Lipinski definition) is 4. The molecule has 0 bridgehead atoms. The zero-order valence-corrected chi connectivity index (χ0v) is 11.1. The van der Waals surface area contributed by atoms with E-state index in [4.69, 9.17) is 0 Å². The number of halogens is 1. The molecular weight excluding hydrogens is 259 g/mol. The molecule has 2 aromatic heterocycles. The van der Waals surface area contributed by atoms with E-state index < -0.39 is 5.82 Å². The number of hydrogen-bond donors (Lipinski definition) is 2. The molecule has 2 N–H and O–H groups in total. The SMILES string of the molecule is CCCNc1cccc(C(=O)Nc2ccc(F)cn2)n1. The van der Waals surface area contributed by atoms with Crippen molar-refractivity contribution in [1.29, 1.82) is 0 Å². The summed E-state index contributed by atoms with van der Waals surface area (Å²) in [6.07, 6.45) is 2.01. The predicted octanol–water partition coefficient (Wildman–Crippen LogP) is 2.69. The van der Waals surface area contributed by atoms with Gasteiger partial charge in [0, 0.05) is 6.54 Å². The molecule has 0 unspecified atom stereocenters. The van der Waals surface area contributed by atoms with E-state index in [2.05, 4.69) is 20.6 Å². The summed E-state index contributed by atoms with van der Waals surface area (Å²) in [5.74, 6) is 0.0906. The zero-order valence-electron chi connectivity index (χ0n) is 11.1. The lowest BCUT2D eigenvalue weighted by atomic mass is 10.3. The fourth-order valence-electron chi connectivity index (χ4n) is 1.54. The van der Waals surface area contributed by atoms with E-state index in [0.29, 0.717) is 5.82 Å². The fourth-order valence-corrected chi connectivity index (χ4v) is 1.54. The highest BCUT2D eigenvalue weighted by Crippen LogP contribution is 2.08. The second-order valence-electron chi connectivity index (χ2n) is 4.15. The lowest BCUT2D eigenvalue weighted by Gasteiger charge is -2.07. The molecule has 104 valence electrons. The Bertz CT molecular complexity index is 586. The van der Waals surface area contributed by atoms with E-state index in [1.165, 1.54) is 12.1 Å². The van der Waals surface area contributed by atoms with Gasteiger partial charge in [-0.1, -0.05) is 13.0 Å². The number of carbonyl (C=O) groups excluding carboxylic acids is 1. The average Bonchev–Trinajstić information content (AvgIpc) is 2.48. The van der Waals surface area contributed by atoms with Crippen molar-refractivity contribution >= 4 is 17.5 Å². The highest BCUT2D eigenvalue weighted by molar-refractivity contribution is 6.02. The van der Waals surface area contributed by atoms with Crippen molar-refractivity contribution in [2.24, 2.45) is 0 Å². The minimum atomic E-state index is -0.452. The second kappa shape index (κ2) is 6.60. The molecule has 0 saturated heterocycles. The number of pyridine rings is 2. The highest BCUT2D eigenvalue weighted by Gasteiger charge is 2.09. The quantitative estimate of drug-likeness (QED) is 0.879. The van der Waals surface area contributed by atoms with Crippen molar-refractivity contribution in [1.82, 2.24) is 9.97 Å². The van der Waals surface area contributed by atoms with Gasteiger partial charge in [-0.3, -0.25) is 4.79 Å². The maximum atomic E-state index is 12.7. The van der Waals surface area contributed by atoms with Gasteiger partial charge >= 0.3 is 0 Å². The molecule has 0 aliphatic rings. The number of rotatable bonds is 5. The molecular formula is C14H15FN4O. The Morgan fingerprint density at radius 2 is 2.10 bits per heavy atom. The van der Waals surface area contributed by atoms with Crippen LogP contribution in [0.3, 0.4) is 0 Å². The lowest BCUT2D eigenvalue weighted by molar-refractivity contribution is 0.102. The molecule has 6 heteroatoms. The van der Waals surface area contributed by atoms with E-state index >= 15 is 0 Å². The topological polar surface area (TPSA) is 66.9 Å². The maximum Gasteiger partial charge on any atom is 0.275 e. The normalized spacial score (nSPS) is 10.1. The van der Waals surface area contributed by atoms with Crippen LogP contribution in [0, 0.1) is 5.82 Å². The minimum Gasteiger partial charge on any atom is -0.370 e. The third-order valence-corrected chi connectivity index (χ3v) is 2.51. The first-order chi connectivity index (χ1) is 9.69. The molecule has 20 heavy (non-hydrogen) atoms. The molecule has 0 aliphatic carbocycles. The summed E-state index contributed by atoms with van der Waals surface area (Å²) in [6.45, 7) is 2.83. The van der Waals surface area contributed by atoms with Gasteiger partial charge in [0.1, 0.15) is 23.1 Å². The summed E-state index contributed by atoms with van der Waals surface area (Å²) in [5, 5.41) is 5.67. The van der Waals surface area contributed by atoms with Gasteiger partial charge in [-0.15, -0.1) is 0 Å². The van der Waals surface area contributed by atoms with Gasteiger partial charge in [0.05, 0.1) is 6.20 Å². The number of anilines is 2. The maximum absolute atomic E-state index is 12.7. The molecule has 0 aromatic carbocycles. The number of carbonyl (C=O) groups is 1. The summed E-state index contributed by atoms with van der Waals surface area (Å²) < 4.78 is 12.7. The third kappa shape index (κ3) is 3.74. The van der Waals surface area contributed by atoms with Crippen LogP contribution in [0.2, 0.25) is 0 Å². The van der Waals surface area contributed by atoms with E-state index in [9.17, 15) is 9.18 Å². The highest BCUT2D eigenvalue weighted by atomic mass is 19.1. The van der Waals surface area contributed by atoms with Crippen LogP contribution < -0.4 is 10.6 Å². The molecule has 0 aliphatic heterocycles. The van der Waals surface area contributed by atoms with Crippen LogP contribution >= 0.6 is 0 Å². The van der Waals surface area contributed by atoms with E-state index in [-0.39, 0.29) is 17.4 Å². The molecule has 2 aromatic rings. The number of amides is 1. The average molecular weight is 274 g/mol. The van der Waals surface area contributed by atoms with Crippen LogP contribution in [0.25, 0.3) is 0 Å². The van der Waals surface area contributed by atoms with Gasteiger partial charge in [0.25, 0.3) is 5.91 Å². The largest absolute Gasteiger partial charge is 0.370 e. The standard InChI is InChI=1S/C14H15FN4O/c1-2-8-16-12-5-3-4-11(18-12)14(20)19-13-7-6-10(15)9-17-13/h3-7,9H,2,8H2,1H3,(H,16,18)(H,17,19,20). The first-order valence-corrected chi connectivity index (χ1v) is 6.33. The Labute approximate surface area is 116 Å². The molecule has 0 spiro atoms. The number of aromatic nitrogens is 2. The Kier molecular flexibility index (Phi) is 4.60. The smallest absolute Gasteiger partial charge is 0.275 e. The Morgan fingerprint density at radius 1 is 1.25 bits per heavy atom. The molecule has 0 atom stereocenters. The zero-order chi connectivity index (χ0) is 14.4. The van der Waals surface area contributed by atoms with E-state index in [0.717, 1.165) is 19.2 Å². The molecule has 5 nitrogen and oxygen atoms in total. The van der Waals surface area contributed by atoms with Gasteiger partial charge in [-0.2, -0.15) is 0 Å². The summed E-state index contributed by atoms with van der Waals surface area (Å²) in [4.78, 5) is 20.0. The van der Waals surface area contributed by atoms with Crippen LogP contribution in [0.5, 0.6) is 0 Å². The molecule has 2 rings (SSSR count). The van der Waals surface area contributed by atoms with Crippen molar-refractivity contribution in [2.45, 2.75) is 13.3 Å². The van der Waals surface area contributed by atoms with Crippen molar-refractivity contribution in [3.8, 4) is 0 Å². The summed E-state index contributed by atoms with van der Waals surface area (Å²) in [6, 6.07) is 7.78. The first-order valence-electron chi connectivity index (χ1n) is 6.33. The van der Waals surface area contributed by atoms with Crippen molar-refractivity contribution in [3.63, 3.8) is 0 Å². The van der Waals surface area contributed by atoms with Gasteiger partial charge in [-0.05, 0) is 30.7 Å².